The second-order valence-electron chi connectivity index (χ2n) is 4.30. The third-order valence-corrected chi connectivity index (χ3v) is 3.25. The number of ether oxygens (including phenoxy) is 1. The Morgan fingerprint density at radius 3 is 2.93 bits per heavy atom. The van der Waals surface area contributed by atoms with Crippen LogP contribution in [0.2, 0.25) is 0 Å². The summed E-state index contributed by atoms with van der Waals surface area (Å²) in [6.45, 7) is 4.67. The Morgan fingerprint density at radius 2 is 2.33 bits per heavy atom. The van der Waals surface area contributed by atoms with E-state index in [2.05, 4.69) is 0 Å². The van der Waals surface area contributed by atoms with E-state index in [-0.39, 0.29) is 5.60 Å². The molecule has 1 N–H and O–H groups in total. The second kappa shape index (κ2) is 3.13. The molecule has 0 aromatic carbocycles. The summed E-state index contributed by atoms with van der Waals surface area (Å²) in [6, 6.07) is 0. The first-order valence-corrected chi connectivity index (χ1v) is 5.53. The van der Waals surface area contributed by atoms with Crippen molar-refractivity contribution in [3.8, 4) is 5.75 Å². The quantitative estimate of drug-likeness (QED) is 0.797. The molecule has 0 atom stereocenters. The van der Waals surface area contributed by atoms with Gasteiger partial charge in [-0.25, -0.2) is 4.79 Å². The van der Waals surface area contributed by atoms with Crippen molar-refractivity contribution in [2.24, 2.45) is 0 Å². The molecule has 5 heteroatoms. The van der Waals surface area contributed by atoms with Crippen LogP contribution in [-0.4, -0.2) is 30.3 Å². The Bertz CT molecular complexity index is 411. The normalized spacial score (nSPS) is 18.2. The maximum absolute atomic E-state index is 11.0. The molecule has 1 aliphatic heterocycles. The van der Waals surface area contributed by atoms with E-state index in [4.69, 9.17) is 9.84 Å². The first-order valence-electron chi connectivity index (χ1n) is 4.66. The van der Waals surface area contributed by atoms with E-state index >= 15 is 0 Å². The van der Waals surface area contributed by atoms with Gasteiger partial charge in [0.15, 0.2) is 5.75 Å². The number of hydrogen-bond donors (Lipinski definition) is 1. The molecule has 0 unspecified atom stereocenters. The molecule has 1 aromatic rings. The molecular formula is C10H13NO3S. The number of rotatable bonds is 1. The Morgan fingerprint density at radius 1 is 1.67 bits per heavy atom. The standard InChI is InChI=1S/C10H13NO3S/c1-10(2)5-11(3)7-6(14-10)4-15-8(7)9(12)13/h4H,5H2,1-3H3,(H,12,13). The number of carboxylic acid groups (broad SMARTS) is 1. The van der Waals surface area contributed by atoms with Gasteiger partial charge < -0.3 is 14.7 Å². The van der Waals surface area contributed by atoms with Crippen molar-refractivity contribution in [1.82, 2.24) is 0 Å². The average molecular weight is 227 g/mol. The van der Waals surface area contributed by atoms with Gasteiger partial charge in [0.2, 0.25) is 0 Å². The van der Waals surface area contributed by atoms with Crippen LogP contribution in [0.4, 0.5) is 5.69 Å². The monoisotopic (exact) mass is 227 g/mol. The molecule has 0 amide bonds. The van der Waals surface area contributed by atoms with Gasteiger partial charge in [-0.1, -0.05) is 0 Å². The van der Waals surface area contributed by atoms with E-state index in [0.29, 0.717) is 22.9 Å². The lowest BCUT2D eigenvalue weighted by atomic mass is 10.1. The molecule has 15 heavy (non-hydrogen) atoms. The van der Waals surface area contributed by atoms with Crippen molar-refractivity contribution >= 4 is 23.0 Å². The van der Waals surface area contributed by atoms with E-state index in [1.54, 1.807) is 5.38 Å². The van der Waals surface area contributed by atoms with E-state index in [1.165, 1.54) is 11.3 Å². The lowest BCUT2D eigenvalue weighted by Crippen LogP contribution is -2.45. The molecule has 2 heterocycles. The van der Waals surface area contributed by atoms with Crippen LogP contribution in [0.3, 0.4) is 0 Å². The van der Waals surface area contributed by atoms with E-state index in [1.807, 2.05) is 25.8 Å². The van der Waals surface area contributed by atoms with Gasteiger partial charge >= 0.3 is 5.97 Å². The molecule has 0 spiro atoms. The summed E-state index contributed by atoms with van der Waals surface area (Å²) in [6.07, 6.45) is 0. The highest BCUT2D eigenvalue weighted by atomic mass is 32.1. The lowest BCUT2D eigenvalue weighted by molar-refractivity contribution is 0.0698. The van der Waals surface area contributed by atoms with Gasteiger partial charge in [-0.05, 0) is 13.8 Å². The highest BCUT2D eigenvalue weighted by Crippen LogP contribution is 2.42. The highest BCUT2D eigenvalue weighted by molar-refractivity contribution is 7.13. The number of aromatic carboxylic acids is 1. The molecular weight excluding hydrogens is 214 g/mol. The molecule has 2 rings (SSSR count). The topological polar surface area (TPSA) is 49.8 Å². The van der Waals surface area contributed by atoms with Gasteiger partial charge in [0.25, 0.3) is 0 Å². The predicted octanol–water partition coefficient (Wildman–Crippen LogP) is 2.05. The van der Waals surface area contributed by atoms with Crippen molar-refractivity contribution < 1.29 is 14.6 Å². The molecule has 0 saturated carbocycles. The molecule has 0 bridgehead atoms. The minimum atomic E-state index is -0.892. The fourth-order valence-electron chi connectivity index (χ4n) is 1.90. The molecule has 0 aliphatic carbocycles. The first-order chi connectivity index (χ1) is 6.91. The number of hydrogen-bond acceptors (Lipinski definition) is 4. The minimum Gasteiger partial charge on any atom is -0.483 e. The van der Waals surface area contributed by atoms with Crippen molar-refractivity contribution in [3.05, 3.63) is 10.3 Å². The number of fused-ring (bicyclic) bond motifs is 1. The maximum Gasteiger partial charge on any atom is 0.348 e. The molecule has 0 saturated heterocycles. The summed E-state index contributed by atoms with van der Waals surface area (Å²) < 4.78 is 5.73. The van der Waals surface area contributed by atoms with Crippen LogP contribution < -0.4 is 9.64 Å². The zero-order valence-corrected chi connectivity index (χ0v) is 9.72. The summed E-state index contributed by atoms with van der Waals surface area (Å²) >= 11 is 1.21. The summed E-state index contributed by atoms with van der Waals surface area (Å²) in [7, 11) is 1.89. The smallest absolute Gasteiger partial charge is 0.348 e. The lowest BCUT2D eigenvalue weighted by Gasteiger charge is -2.37. The van der Waals surface area contributed by atoms with Crippen LogP contribution in [0.1, 0.15) is 23.5 Å². The summed E-state index contributed by atoms with van der Waals surface area (Å²) in [5.74, 6) is -0.215. The number of thiophene rings is 1. The highest BCUT2D eigenvalue weighted by Gasteiger charge is 2.34. The van der Waals surface area contributed by atoms with Gasteiger partial charge in [0, 0.05) is 12.4 Å². The molecule has 0 radical (unpaired) electrons. The van der Waals surface area contributed by atoms with E-state index in [9.17, 15) is 4.79 Å². The number of nitrogens with zero attached hydrogens (tertiary/aromatic N) is 1. The van der Waals surface area contributed by atoms with Gasteiger partial charge in [-0.2, -0.15) is 0 Å². The van der Waals surface area contributed by atoms with E-state index in [0.717, 1.165) is 0 Å². The maximum atomic E-state index is 11.0. The molecule has 4 nitrogen and oxygen atoms in total. The zero-order chi connectivity index (χ0) is 11.2. The predicted molar refractivity (Wildman–Crippen MR) is 59.3 cm³/mol. The van der Waals surface area contributed by atoms with Crippen molar-refractivity contribution in [2.45, 2.75) is 19.4 Å². The van der Waals surface area contributed by atoms with E-state index < -0.39 is 5.97 Å². The van der Waals surface area contributed by atoms with Gasteiger partial charge in [0.1, 0.15) is 16.2 Å². The van der Waals surface area contributed by atoms with Gasteiger partial charge in [-0.3, -0.25) is 0 Å². The fourth-order valence-corrected chi connectivity index (χ4v) is 2.76. The molecule has 1 aromatic heterocycles. The van der Waals surface area contributed by atoms with Crippen molar-refractivity contribution in [1.29, 1.82) is 0 Å². The Labute approximate surface area is 92.1 Å². The molecule has 0 fully saturated rings. The fraction of sp³-hybridized carbons (Fsp3) is 0.500. The Kier molecular flexibility index (Phi) is 2.15. The number of carboxylic acids is 1. The van der Waals surface area contributed by atoms with Crippen LogP contribution in [0.5, 0.6) is 5.75 Å². The first kappa shape index (κ1) is 10.3. The number of carbonyl (C=O) groups is 1. The Hall–Kier alpha value is -1.23. The minimum absolute atomic E-state index is 0.265. The zero-order valence-electron chi connectivity index (χ0n) is 8.90. The largest absolute Gasteiger partial charge is 0.483 e. The average Bonchev–Trinajstić information content (AvgIpc) is 2.45. The van der Waals surface area contributed by atoms with Crippen LogP contribution >= 0.6 is 11.3 Å². The van der Waals surface area contributed by atoms with Crippen LogP contribution in [0.25, 0.3) is 0 Å². The van der Waals surface area contributed by atoms with Gasteiger partial charge in [-0.15, -0.1) is 11.3 Å². The Balaban J connectivity index is 2.48. The van der Waals surface area contributed by atoms with Crippen molar-refractivity contribution in [2.75, 3.05) is 18.5 Å². The third-order valence-electron chi connectivity index (χ3n) is 2.31. The number of likely N-dealkylation sites (N-methyl/N-ethyl adjacent to an activating group) is 1. The molecule has 82 valence electrons. The van der Waals surface area contributed by atoms with Gasteiger partial charge in [0.05, 0.1) is 6.54 Å². The summed E-state index contributed by atoms with van der Waals surface area (Å²) in [4.78, 5) is 13.3. The van der Waals surface area contributed by atoms with Crippen LogP contribution in [0, 0.1) is 0 Å². The SMILES string of the molecule is CN1CC(C)(C)Oc2csc(C(=O)O)c21. The van der Waals surface area contributed by atoms with Crippen LogP contribution in [-0.2, 0) is 0 Å². The van der Waals surface area contributed by atoms with Crippen molar-refractivity contribution in [3.63, 3.8) is 0 Å². The summed E-state index contributed by atoms with van der Waals surface area (Å²) in [5, 5.41) is 10.8. The van der Waals surface area contributed by atoms with Crippen LogP contribution in [0.15, 0.2) is 5.38 Å². The third kappa shape index (κ3) is 1.67. The molecule has 1 aliphatic rings. The second-order valence-corrected chi connectivity index (χ2v) is 5.18. The summed E-state index contributed by atoms with van der Waals surface area (Å²) in [5.41, 5.74) is 0.435. The number of anilines is 1.